The Morgan fingerprint density at radius 2 is 1.39 bits per heavy atom. The number of nitrogens with one attached hydrogen (secondary N) is 1. The number of hydrogen-bond acceptors (Lipinski definition) is 7. The molecule has 1 N–H and O–H groups in total. The normalized spacial score (nSPS) is 11.9. The summed E-state index contributed by atoms with van der Waals surface area (Å²) in [6.45, 7) is 0. The van der Waals surface area contributed by atoms with Crippen LogP contribution in [0.3, 0.4) is 0 Å². The lowest BCUT2D eigenvalue weighted by molar-refractivity contribution is 0.475. The highest BCUT2D eigenvalue weighted by Crippen LogP contribution is 2.30. The molecule has 33 heavy (non-hydrogen) atoms. The van der Waals surface area contributed by atoms with Gasteiger partial charge in [0.15, 0.2) is 11.3 Å². The van der Waals surface area contributed by atoms with Crippen molar-refractivity contribution in [3.8, 4) is 5.75 Å². The third-order valence-electron chi connectivity index (χ3n) is 4.36. The molecule has 0 saturated heterocycles. The highest BCUT2D eigenvalue weighted by Gasteiger charge is 2.22. The topological polar surface area (TPSA) is 120 Å². The van der Waals surface area contributed by atoms with Crippen LogP contribution < -0.4 is 14.5 Å². The van der Waals surface area contributed by atoms with Crippen molar-refractivity contribution < 1.29 is 25.4 Å². The van der Waals surface area contributed by atoms with Crippen LogP contribution >= 0.6 is 31.9 Å². The van der Waals surface area contributed by atoms with Gasteiger partial charge < -0.3 is 8.60 Å². The molecule has 4 aromatic rings. The van der Waals surface area contributed by atoms with Crippen LogP contribution in [0.5, 0.6) is 5.75 Å². The number of fused-ring (bicyclic) bond motifs is 1. The third kappa shape index (κ3) is 5.13. The van der Waals surface area contributed by atoms with E-state index in [2.05, 4.69) is 36.6 Å². The summed E-state index contributed by atoms with van der Waals surface area (Å²) >= 11 is 6.40. The van der Waals surface area contributed by atoms with Crippen molar-refractivity contribution in [2.45, 2.75) is 9.79 Å². The number of rotatable bonds is 6. The van der Waals surface area contributed by atoms with Crippen LogP contribution in [-0.2, 0) is 20.1 Å². The van der Waals surface area contributed by atoms with Crippen LogP contribution in [0, 0.1) is 0 Å². The molecule has 1 aromatic heterocycles. The highest BCUT2D eigenvalue weighted by atomic mass is 79.9. The van der Waals surface area contributed by atoms with Crippen LogP contribution in [0.2, 0.25) is 0 Å². The number of sulfonamides is 1. The maximum Gasteiger partial charge on any atom is 0.360 e. The van der Waals surface area contributed by atoms with E-state index in [1.807, 2.05) is 0 Å². The molecule has 1 heterocycles. The molecule has 0 aliphatic carbocycles. The van der Waals surface area contributed by atoms with E-state index in [1.54, 1.807) is 12.1 Å². The maximum atomic E-state index is 12.7. The molecular weight excluding hydrogens is 602 g/mol. The van der Waals surface area contributed by atoms with Crippen LogP contribution in [0.4, 0.5) is 5.69 Å². The van der Waals surface area contributed by atoms with E-state index < -0.39 is 25.8 Å². The molecule has 3 aromatic carbocycles. The van der Waals surface area contributed by atoms with E-state index in [-0.39, 0.29) is 32.2 Å². The summed E-state index contributed by atoms with van der Waals surface area (Å²) in [5.74, 6) is -0.217. The molecule has 0 bridgehead atoms. The molecule has 0 atom stereocenters. The average Bonchev–Trinajstić information content (AvgIpc) is 2.74. The van der Waals surface area contributed by atoms with Gasteiger partial charge in [0.25, 0.3) is 10.0 Å². The number of benzene rings is 3. The van der Waals surface area contributed by atoms with Crippen molar-refractivity contribution in [3.63, 3.8) is 0 Å². The smallest absolute Gasteiger partial charge is 0.360 e. The molecular formula is C21H13Br2NO7S2. The summed E-state index contributed by atoms with van der Waals surface area (Å²) in [5.41, 5.74) is -1.50. The molecule has 0 amide bonds. The Balaban J connectivity index is 1.72. The summed E-state index contributed by atoms with van der Waals surface area (Å²) in [6, 6.07) is 17.4. The van der Waals surface area contributed by atoms with Gasteiger partial charge >= 0.3 is 15.7 Å². The standard InChI is InChI=1S/C21H13Br2NO7S2/c22-14-5-2-7-16(11-14)32(26,27)24-18-10-13-4-1-9-19(20(13)30-21(18)25)31-33(28,29)17-8-3-6-15(23)12-17/h1-12,24H. The lowest BCUT2D eigenvalue weighted by atomic mass is 10.2. The van der Waals surface area contributed by atoms with E-state index in [0.717, 1.165) is 0 Å². The van der Waals surface area contributed by atoms with Gasteiger partial charge in [-0.3, -0.25) is 4.72 Å². The molecule has 0 fully saturated rings. The van der Waals surface area contributed by atoms with Crippen molar-refractivity contribution in [2.75, 3.05) is 4.72 Å². The Morgan fingerprint density at radius 3 is 2.06 bits per heavy atom. The molecule has 0 aliphatic heterocycles. The van der Waals surface area contributed by atoms with Crippen LogP contribution in [-0.4, -0.2) is 16.8 Å². The Kier molecular flexibility index (Phi) is 6.36. The van der Waals surface area contributed by atoms with E-state index in [4.69, 9.17) is 8.60 Å². The summed E-state index contributed by atoms with van der Waals surface area (Å²) in [7, 11) is -8.30. The monoisotopic (exact) mass is 613 g/mol. The lowest BCUT2D eigenvalue weighted by Crippen LogP contribution is -2.18. The maximum absolute atomic E-state index is 12.7. The second-order valence-electron chi connectivity index (χ2n) is 6.68. The van der Waals surface area contributed by atoms with Gasteiger partial charge in [-0.15, -0.1) is 0 Å². The van der Waals surface area contributed by atoms with Gasteiger partial charge in [-0.2, -0.15) is 8.42 Å². The SMILES string of the molecule is O=c1oc2c(OS(=O)(=O)c3cccc(Br)c3)cccc2cc1NS(=O)(=O)c1cccc(Br)c1. The molecule has 0 aliphatic rings. The molecule has 0 unspecified atom stereocenters. The minimum absolute atomic E-state index is 0.0615. The second-order valence-corrected chi connectivity index (χ2v) is 11.7. The van der Waals surface area contributed by atoms with Crippen molar-refractivity contribution >= 4 is 68.7 Å². The molecule has 8 nitrogen and oxygen atoms in total. The van der Waals surface area contributed by atoms with Gasteiger partial charge in [0.05, 0.1) is 4.90 Å². The van der Waals surface area contributed by atoms with Gasteiger partial charge in [-0.1, -0.05) is 56.1 Å². The summed E-state index contributed by atoms with van der Waals surface area (Å²) in [4.78, 5) is 12.4. The van der Waals surface area contributed by atoms with E-state index in [1.165, 1.54) is 60.7 Å². The predicted octanol–water partition coefficient (Wildman–Crippen LogP) is 4.89. The van der Waals surface area contributed by atoms with Crippen molar-refractivity contribution in [1.29, 1.82) is 0 Å². The van der Waals surface area contributed by atoms with E-state index in [9.17, 15) is 21.6 Å². The predicted molar refractivity (Wildman–Crippen MR) is 129 cm³/mol. The van der Waals surface area contributed by atoms with E-state index >= 15 is 0 Å². The number of anilines is 1. The molecule has 0 saturated carbocycles. The van der Waals surface area contributed by atoms with Gasteiger partial charge in [0.2, 0.25) is 0 Å². The molecule has 0 spiro atoms. The molecule has 4 rings (SSSR count). The third-order valence-corrected chi connectivity index (χ3v) is 7.94. The number of halogens is 2. The first-order valence-corrected chi connectivity index (χ1v) is 13.6. The van der Waals surface area contributed by atoms with Crippen molar-refractivity contribution in [1.82, 2.24) is 0 Å². The van der Waals surface area contributed by atoms with Gasteiger partial charge in [-0.25, -0.2) is 13.2 Å². The van der Waals surface area contributed by atoms with Crippen molar-refractivity contribution in [3.05, 3.63) is 92.2 Å². The van der Waals surface area contributed by atoms with Crippen LogP contribution in [0.15, 0.2) is 101 Å². The summed E-state index contributed by atoms with van der Waals surface area (Å²) in [6.07, 6.45) is 0. The fourth-order valence-electron chi connectivity index (χ4n) is 2.88. The summed E-state index contributed by atoms with van der Waals surface area (Å²) < 4.78 is 64.4. The zero-order valence-corrected chi connectivity index (χ0v) is 21.2. The molecule has 12 heteroatoms. The van der Waals surface area contributed by atoms with E-state index in [0.29, 0.717) is 8.95 Å². The zero-order chi connectivity index (χ0) is 23.8. The fourth-order valence-corrected chi connectivity index (χ4v) is 6.05. The van der Waals surface area contributed by atoms with Gasteiger partial charge in [0.1, 0.15) is 10.6 Å². The highest BCUT2D eigenvalue weighted by molar-refractivity contribution is 9.10. The first-order valence-electron chi connectivity index (χ1n) is 9.10. The minimum atomic E-state index is -4.23. The van der Waals surface area contributed by atoms with Gasteiger partial charge in [0, 0.05) is 14.3 Å². The number of para-hydroxylation sites is 1. The number of hydrogen-bond donors (Lipinski definition) is 1. The zero-order valence-electron chi connectivity index (χ0n) is 16.4. The quantitative estimate of drug-likeness (QED) is 0.243. The Labute approximate surface area is 205 Å². The second kappa shape index (κ2) is 8.93. The average molecular weight is 615 g/mol. The first-order chi connectivity index (χ1) is 15.5. The minimum Gasteiger partial charge on any atom is -0.417 e. The fraction of sp³-hybridized carbons (Fsp3) is 0. The Hall–Kier alpha value is -2.67. The molecule has 170 valence electrons. The summed E-state index contributed by atoms with van der Waals surface area (Å²) in [5, 5.41) is 0.253. The van der Waals surface area contributed by atoms with Crippen LogP contribution in [0.25, 0.3) is 11.0 Å². The van der Waals surface area contributed by atoms with Crippen molar-refractivity contribution in [2.24, 2.45) is 0 Å². The Bertz CT molecular complexity index is 1650. The van der Waals surface area contributed by atoms with Gasteiger partial charge in [-0.05, 0) is 48.5 Å². The largest absolute Gasteiger partial charge is 0.417 e. The lowest BCUT2D eigenvalue weighted by Gasteiger charge is -2.11. The first kappa shape index (κ1) is 23.5. The molecule has 0 radical (unpaired) electrons. The Morgan fingerprint density at radius 1 is 0.788 bits per heavy atom. The van der Waals surface area contributed by atoms with Crippen LogP contribution in [0.1, 0.15) is 0 Å².